The second kappa shape index (κ2) is 4.50. The van der Waals surface area contributed by atoms with Gasteiger partial charge in [0, 0.05) is 25.0 Å². The molecule has 0 fully saturated rings. The van der Waals surface area contributed by atoms with E-state index in [4.69, 9.17) is 4.74 Å². The van der Waals surface area contributed by atoms with E-state index >= 15 is 0 Å². The first-order valence-corrected chi connectivity index (χ1v) is 4.20. The summed E-state index contributed by atoms with van der Waals surface area (Å²) < 4.78 is 6.67. The Kier molecular flexibility index (Phi) is 3.31. The highest BCUT2D eigenvalue weighted by Crippen LogP contribution is 2.01. The number of carbonyl (C=O) groups excluding carboxylic acids is 1. The lowest BCUT2D eigenvalue weighted by atomic mass is 10.4. The molecule has 1 rings (SSSR count). The lowest BCUT2D eigenvalue weighted by Crippen LogP contribution is -1.99. The number of aryl methyl sites for hydroxylation is 1. The van der Waals surface area contributed by atoms with Crippen molar-refractivity contribution in [1.29, 1.82) is 0 Å². The zero-order valence-electron chi connectivity index (χ0n) is 7.86. The number of rotatable bonds is 3. The first kappa shape index (κ1) is 9.58. The van der Waals surface area contributed by atoms with Gasteiger partial charge in [-0.15, -0.1) is 0 Å². The van der Waals surface area contributed by atoms with Crippen LogP contribution >= 0.6 is 0 Å². The van der Waals surface area contributed by atoms with Gasteiger partial charge in [0.05, 0.1) is 6.61 Å². The second-order valence-corrected chi connectivity index (χ2v) is 2.63. The minimum atomic E-state index is -0.302. The Morgan fingerprint density at radius 3 is 3.00 bits per heavy atom. The summed E-state index contributed by atoms with van der Waals surface area (Å²) in [5, 5.41) is 0. The number of esters is 1. The van der Waals surface area contributed by atoms with Crippen molar-refractivity contribution in [3.8, 4) is 0 Å². The average molecular weight is 179 g/mol. The quantitative estimate of drug-likeness (QED) is 0.521. The summed E-state index contributed by atoms with van der Waals surface area (Å²) in [6.07, 6.45) is 5.08. The van der Waals surface area contributed by atoms with E-state index in [1.54, 1.807) is 13.0 Å². The zero-order chi connectivity index (χ0) is 9.68. The van der Waals surface area contributed by atoms with Gasteiger partial charge in [0.1, 0.15) is 0 Å². The third-order valence-corrected chi connectivity index (χ3v) is 1.66. The SMILES string of the molecule is CCOC(=O)/C=C\c1cccn1C. The molecule has 0 aliphatic heterocycles. The van der Waals surface area contributed by atoms with Gasteiger partial charge in [-0.1, -0.05) is 0 Å². The molecule has 70 valence electrons. The topological polar surface area (TPSA) is 31.2 Å². The predicted octanol–water partition coefficient (Wildman–Crippen LogP) is 1.60. The van der Waals surface area contributed by atoms with E-state index in [2.05, 4.69) is 0 Å². The van der Waals surface area contributed by atoms with Crippen LogP contribution in [0.15, 0.2) is 24.4 Å². The minimum absolute atomic E-state index is 0.302. The Balaban J connectivity index is 2.58. The van der Waals surface area contributed by atoms with E-state index in [0.717, 1.165) is 5.69 Å². The normalized spacial score (nSPS) is 10.6. The highest BCUT2D eigenvalue weighted by molar-refractivity contribution is 5.86. The van der Waals surface area contributed by atoms with Crippen molar-refractivity contribution < 1.29 is 9.53 Å². The monoisotopic (exact) mass is 179 g/mol. The number of hydrogen-bond acceptors (Lipinski definition) is 2. The Hall–Kier alpha value is -1.51. The molecule has 0 atom stereocenters. The summed E-state index contributed by atoms with van der Waals surface area (Å²) in [7, 11) is 1.92. The summed E-state index contributed by atoms with van der Waals surface area (Å²) in [6.45, 7) is 2.20. The van der Waals surface area contributed by atoms with E-state index in [0.29, 0.717) is 6.61 Å². The molecule has 0 saturated carbocycles. The van der Waals surface area contributed by atoms with Gasteiger partial charge in [0.2, 0.25) is 0 Å². The number of hydrogen-bond donors (Lipinski definition) is 0. The van der Waals surface area contributed by atoms with Crippen LogP contribution in [0.2, 0.25) is 0 Å². The van der Waals surface area contributed by atoms with Gasteiger partial charge in [-0.3, -0.25) is 0 Å². The van der Waals surface area contributed by atoms with Crippen molar-refractivity contribution in [2.75, 3.05) is 6.61 Å². The molecule has 0 radical (unpaired) electrons. The van der Waals surface area contributed by atoms with E-state index in [1.165, 1.54) is 6.08 Å². The third-order valence-electron chi connectivity index (χ3n) is 1.66. The number of aromatic nitrogens is 1. The highest BCUT2D eigenvalue weighted by atomic mass is 16.5. The first-order chi connectivity index (χ1) is 6.24. The maximum Gasteiger partial charge on any atom is 0.330 e. The summed E-state index contributed by atoms with van der Waals surface area (Å²) in [4.78, 5) is 10.9. The van der Waals surface area contributed by atoms with E-state index in [-0.39, 0.29) is 5.97 Å². The molecule has 3 nitrogen and oxygen atoms in total. The minimum Gasteiger partial charge on any atom is -0.463 e. The van der Waals surface area contributed by atoms with Crippen LogP contribution in [-0.2, 0) is 16.6 Å². The molecule has 0 saturated heterocycles. The second-order valence-electron chi connectivity index (χ2n) is 2.63. The van der Waals surface area contributed by atoms with Gasteiger partial charge in [0.15, 0.2) is 0 Å². The van der Waals surface area contributed by atoms with Crippen LogP contribution in [0.25, 0.3) is 6.08 Å². The fraction of sp³-hybridized carbons (Fsp3) is 0.300. The highest BCUT2D eigenvalue weighted by Gasteiger charge is 1.95. The van der Waals surface area contributed by atoms with Crippen molar-refractivity contribution >= 4 is 12.0 Å². The maximum absolute atomic E-state index is 10.9. The lowest BCUT2D eigenvalue weighted by Gasteiger charge is -1.96. The molecule has 0 bridgehead atoms. The van der Waals surface area contributed by atoms with Gasteiger partial charge in [-0.05, 0) is 25.1 Å². The molecule has 0 aliphatic rings. The molecular weight excluding hydrogens is 166 g/mol. The van der Waals surface area contributed by atoms with Crippen LogP contribution in [0.1, 0.15) is 12.6 Å². The smallest absolute Gasteiger partial charge is 0.330 e. The largest absolute Gasteiger partial charge is 0.463 e. The zero-order valence-corrected chi connectivity index (χ0v) is 7.86. The number of nitrogens with zero attached hydrogens (tertiary/aromatic N) is 1. The average Bonchev–Trinajstić information content (AvgIpc) is 2.48. The van der Waals surface area contributed by atoms with Crippen molar-refractivity contribution in [2.45, 2.75) is 6.92 Å². The first-order valence-electron chi connectivity index (χ1n) is 4.20. The maximum atomic E-state index is 10.9. The Morgan fingerprint density at radius 1 is 1.69 bits per heavy atom. The van der Waals surface area contributed by atoms with E-state index in [9.17, 15) is 4.79 Å². The van der Waals surface area contributed by atoms with Crippen LogP contribution in [0.3, 0.4) is 0 Å². The Labute approximate surface area is 77.6 Å². The molecule has 0 aromatic carbocycles. The molecule has 1 heterocycles. The summed E-state index contributed by atoms with van der Waals surface area (Å²) >= 11 is 0. The Morgan fingerprint density at radius 2 is 2.46 bits per heavy atom. The molecule has 0 aliphatic carbocycles. The van der Waals surface area contributed by atoms with Crippen LogP contribution in [0, 0.1) is 0 Å². The molecule has 1 aromatic rings. The van der Waals surface area contributed by atoms with E-state index in [1.807, 2.05) is 29.9 Å². The fourth-order valence-corrected chi connectivity index (χ4v) is 0.991. The fourth-order valence-electron chi connectivity index (χ4n) is 0.991. The molecule has 0 unspecified atom stereocenters. The van der Waals surface area contributed by atoms with Crippen LogP contribution in [0.4, 0.5) is 0 Å². The van der Waals surface area contributed by atoms with Crippen LogP contribution in [-0.4, -0.2) is 17.1 Å². The number of carbonyl (C=O) groups is 1. The molecule has 0 N–H and O–H groups in total. The summed E-state index contributed by atoms with van der Waals surface area (Å²) in [5.74, 6) is -0.302. The van der Waals surface area contributed by atoms with Crippen molar-refractivity contribution in [3.63, 3.8) is 0 Å². The van der Waals surface area contributed by atoms with Gasteiger partial charge in [-0.25, -0.2) is 4.79 Å². The van der Waals surface area contributed by atoms with Gasteiger partial charge in [-0.2, -0.15) is 0 Å². The summed E-state index contributed by atoms with van der Waals surface area (Å²) in [5.41, 5.74) is 0.980. The molecule has 1 aromatic heterocycles. The molecule has 3 heteroatoms. The molecule has 0 amide bonds. The predicted molar refractivity (Wildman–Crippen MR) is 51.1 cm³/mol. The van der Waals surface area contributed by atoms with Gasteiger partial charge in [0.25, 0.3) is 0 Å². The standard InChI is InChI=1S/C10H13NO2/c1-3-13-10(12)7-6-9-5-4-8-11(9)2/h4-8H,3H2,1-2H3/b7-6-. The molecule has 13 heavy (non-hydrogen) atoms. The van der Waals surface area contributed by atoms with Gasteiger partial charge < -0.3 is 9.30 Å². The Bertz CT molecular complexity index is 312. The van der Waals surface area contributed by atoms with Crippen LogP contribution < -0.4 is 0 Å². The van der Waals surface area contributed by atoms with Crippen molar-refractivity contribution in [1.82, 2.24) is 4.57 Å². The number of ether oxygens (including phenoxy) is 1. The molecular formula is C10H13NO2. The van der Waals surface area contributed by atoms with Gasteiger partial charge >= 0.3 is 5.97 Å². The third kappa shape index (κ3) is 2.78. The van der Waals surface area contributed by atoms with Crippen molar-refractivity contribution in [3.05, 3.63) is 30.1 Å². The van der Waals surface area contributed by atoms with Crippen LogP contribution in [0.5, 0.6) is 0 Å². The van der Waals surface area contributed by atoms with E-state index < -0.39 is 0 Å². The lowest BCUT2D eigenvalue weighted by molar-refractivity contribution is -0.137. The molecule has 0 spiro atoms. The van der Waals surface area contributed by atoms with Crippen molar-refractivity contribution in [2.24, 2.45) is 7.05 Å². The summed E-state index contributed by atoms with van der Waals surface area (Å²) in [6, 6.07) is 3.85.